The van der Waals surface area contributed by atoms with Crippen molar-refractivity contribution in [3.63, 3.8) is 0 Å². The number of esters is 1. The Hall–Kier alpha value is -2.71. The predicted molar refractivity (Wildman–Crippen MR) is 114 cm³/mol. The van der Waals surface area contributed by atoms with E-state index in [9.17, 15) is 18.0 Å². The lowest BCUT2D eigenvalue weighted by molar-refractivity contribution is -0.120. The Bertz CT molecular complexity index is 1020. The first kappa shape index (κ1) is 22.0. The van der Waals surface area contributed by atoms with Gasteiger partial charge < -0.3 is 10.1 Å². The number of piperidine rings is 1. The van der Waals surface area contributed by atoms with Gasteiger partial charge >= 0.3 is 5.97 Å². The van der Waals surface area contributed by atoms with Gasteiger partial charge in [-0.3, -0.25) is 4.79 Å². The average molecular weight is 431 g/mol. The number of nitrogens with one attached hydrogen (secondary N) is 1. The highest BCUT2D eigenvalue weighted by molar-refractivity contribution is 7.89. The molecule has 1 aliphatic heterocycles. The Morgan fingerprint density at radius 2 is 1.83 bits per heavy atom. The highest BCUT2D eigenvalue weighted by atomic mass is 32.2. The molecule has 1 amide bonds. The molecule has 3 rings (SSSR count). The number of hydrogen-bond acceptors (Lipinski definition) is 5. The van der Waals surface area contributed by atoms with E-state index in [-0.39, 0.29) is 29.5 Å². The lowest BCUT2D eigenvalue weighted by Gasteiger charge is -2.31. The van der Waals surface area contributed by atoms with Crippen LogP contribution in [0, 0.1) is 12.8 Å². The molecular formula is C22H26N2O5S. The zero-order valence-electron chi connectivity index (χ0n) is 17.1. The van der Waals surface area contributed by atoms with E-state index in [0.717, 1.165) is 5.56 Å². The molecule has 0 spiro atoms. The summed E-state index contributed by atoms with van der Waals surface area (Å²) in [7, 11) is -3.67. The Morgan fingerprint density at radius 1 is 1.13 bits per heavy atom. The molecule has 1 atom stereocenters. The van der Waals surface area contributed by atoms with Crippen LogP contribution in [0.2, 0.25) is 0 Å². The van der Waals surface area contributed by atoms with Gasteiger partial charge in [0.2, 0.25) is 15.9 Å². The number of hydrogen-bond donors (Lipinski definition) is 1. The van der Waals surface area contributed by atoms with E-state index in [1.807, 2.05) is 6.92 Å². The Balaban J connectivity index is 1.74. The molecule has 0 unspecified atom stereocenters. The fourth-order valence-corrected chi connectivity index (χ4v) is 4.97. The summed E-state index contributed by atoms with van der Waals surface area (Å²) in [5, 5.41) is 2.78. The third-order valence-electron chi connectivity index (χ3n) is 5.09. The number of benzene rings is 2. The van der Waals surface area contributed by atoms with Gasteiger partial charge in [0.15, 0.2) is 0 Å². The van der Waals surface area contributed by atoms with Crippen LogP contribution in [-0.2, 0) is 19.6 Å². The molecule has 2 aromatic carbocycles. The van der Waals surface area contributed by atoms with Crippen molar-refractivity contribution in [3.05, 3.63) is 59.7 Å². The first-order chi connectivity index (χ1) is 14.3. The van der Waals surface area contributed by atoms with Gasteiger partial charge in [0.25, 0.3) is 0 Å². The lowest BCUT2D eigenvalue weighted by Crippen LogP contribution is -2.43. The van der Waals surface area contributed by atoms with Crippen LogP contribution in [0.15, 0.2) is 53.4 Å². The summed E-state index contributed by atoms with van der Waals surface area (Å²) in [6.07, 6.45) is 1.16. The Kier molecular flexibility index (Phi) is 6.89. The molecule has 0 radical (unpaired) electrons. The van der Waals surface area contributed by atoms with E-state index in [0.29, 0.717) is 25.1 Å². The smallest absolute Gasteiger partial charge is 0.340 e. The fourth-order valence-electron chi connectivity index (χ4n) is 3.45. The Morgan fingerprint density at radius 3 is 2.53 bits per heavy atom. The molecule has 30 heavy (non-hydrogen) atoms. The largest absolute Gasteiger partial charge is 0.462 e. The van der Waals surface area contributed by atoms with Crippen molar-refractivity contribution in [2.24, 2.45) is 5.92 Å². The molecule has 1 saturated heterocycles. The van der Waals surface area contributed by atoms with Gasteiger partial charge in [-0.25, -0.2) is 13.2 Å². The van der Waals surface area contributed by atoms with E-state index in [2.05, 4.69) is 5.32 Å². The molecule has 8 heteroatoms. The molecule has 1 heterocycles. The Labute approximate surface area is 177 Å². The topological polar surface area (TPSA) is 92.8 Å². The van der Waals surface area contributed by atoms with E-state index in [1.54, 1.807) is 55.5 Å². The van der Waals surface area contributed by atoms with E-state index < -0.39 is 21.9 Å². The van der Waals surface area contributed by atoms with Crippen molar-refractivity contribution in [2.45, 2.75) is 31.6 Å². The van der Waals surface area contributed by atoms with Crippen molar-refractivity contribution < 1.29 is 22.7 Å². The second-order valence-electron chi connectivity index (χ2n) is 7.27. The van der Waals surface area contributed by atoms with Crippen LogP contribution in [0.3, 0.4) is 0 Å². The summed E-state index contributed by atoms with van der Waals surface area (Å²) in [6, 6.07) is 13.3. The van der Waals surface area contributed by atoms with Gasteiger partial charge in [0.05, 0.1) is 28.7 Å². The van der Waals surface area contributed by atoms with Gasteiger partial charge in [-0.05, 0) is 51.0 Å². The van der Waals surface area contributed by atoms with Crippen LogP contribution in [0.1, 0.15) is 35.7 Å². The molecule has 0 saturated carbocycles. The summed E-state index contributed by atoms with van der Waals surface area (Å²) < 4.78 is 32.3. The number of ether oxygens (including phenoxy) is 1. The highest BCUT2D eigenvalue weighted by Crippen LogP contribution is 2.26. The molecule has 0 aromatic heterocycles. The van der Waals surface area contributed by atoms with Crippen LogP contribution in [0.5, 0.6) is 0 Å². The van der Waals surface area contributed by atoms with Crippen molar-refractivity contribution >= 4 is 27.6 Å². The summed E-state index contributed by atoms with van der Waals surface area (Å²) >= 11 is 0. The van der Waals surface area contributed by atoms with Crippen molar-refractivity contribution in [3.8, 4) is 0 Å². The second-order valence-corrected chi connectivity index (χ2v) is 9.21. The maximum atomic E-state index is 13.0. The number of amides is 1. The number of carbonyl (C=O) groups is 2. The molecular weight excluding hydrogens is 404 g/mol. The number of aryl methyl sites for hydroxylation is 1. The third-order valence-corrected chi connectivity index (χ3v) is 6.97. The molecule has 1 aliphatic rings. The van der Waals surface area contributed by atoms with Gasteiger partial charge in [-0.15, -0.1) is 0 Å². The second kappa shape index (κ2) is 9.40. The fraction of sp³-hybridized carbons (Fsp3) is 0.364. The summed E-state index contributed by atoms with van der Waals surface area (Å²) in [6.45, 7) is 4.31. The summed E-state index contributed by atoms with van der Waals surface area (Å²) in [5.41, 5.74) is 1.61. The minimum Gasteiger partial charge on any atom is -0.462 e. The normalized spacial score (nSPS) is 17.3. The van der Waals surface area contributed by atoms with Crippen LogP contribution >= 0.6 is 0 Å². The predicted octanol–water partition coefficient (Wildman–Crippen LogP) is 3.21. The molecule has 2 aromatic rings. The third kappa shape index (κ3) is 4.88. The molecule has 0 aliphatic carbocycles. The van der Waals surface area contributed by atoms with Crippen LogP contribution in [0.4, 0.5) is 5.69 Å². The number of nitrogens with zero attached hydrogens (tertiary/aromatic N) is 1. The van der Waals surface area contributed by atoms with Crippen LogP contribution in [0.25, 0.3) is 0 Å². The average Bonchev–Trinajstić information content (AvgIpc) is 2.74. The lowest BCUT2D eigenvalue weighted by atomic mass is 9.98. The van der Waals surface area contributed by atoms with Crippen molar-refractivity contribution in [1.29, 1.82) is 0 Å². The van der Waals surface area contributed by atoms with Gasteiger partial charge in [0, 0.05) is 13.1 Å². The monoisotopic (exact) mass is 430 g/mol. The number of rotatable bonds is 6. The molecule has 7 nitrogen and oxygen atoms in total. The standard InChI is InChI=1S/C22H26N2O5S/c1-3-29-22(26)19-8-4-5-9-20(19)23-21(25)17-7-6-14-24(15-17)30(27,28)18-12-10-16(2)11-13-18/h4-5,8-13,17H,3,6-7,14-15H2,1-2H3,(H,23,25)/t17-/m1/s1. The van der Waals surface area contributed by atoms with Crippen LogP contribution in [-0.4, -0.2) is 44.3 Å². The molecule has 1 fully saturated rings. The first-order valence-corrected chi connectivity index (χ1v) is 11.4. The van der Waals surface area contributed by atoms with Gasteiger partial charge in [-0.1, -0.05) is 29.8 Å². The van der Waals surface area contributed by atoms with Gasteiger partial charge in [-0.2, -0.15) is 4.31 Å². The quantitative estimate of drug-likeness (QED) is 0.711. The maximum Gasteiger partial charge on any atom is 0.340 e. The zero-order chi connectivity index (χ0) is 21.7. The minimum atomic E-state index is -3.67. The van der Waals surface area contributed by atoms with E-state index in [4.69, 9.17) is 4.74 Å². The van der Waals surface area contributed by atoms with Crippen molar-refractivity contribution in [1.82, 2.24) is 4.31 Å². The summed E-state index contributed by atoms with van der Waals surface area (Å²) in [5.74, 6) is -1.33. The highest BCUT2D eigenvalue weighted by Gasteiger charge is 2.33. The van der Waals surface area contributed by atoms with E-state index in [1.165, 1.54) is 4.31 Å². The first-order valence-electron chi connectivity index (χ1n) is 9.96. The van der Waals surface area contributed by atoms with Crippen molar-refractivity contribution in [2.75, 3.05) is 25.0 Å². The maximum absolute atomic E-state index is 13.0. The zero-order valence-corrected chi connectivity index (χ0v) is 17.9. The number of sulfonamides is 1. The molecule has 0 bridgehead atoms. The molecule has 1 N–H and O–H groups in total. The number of anilines is 1. The van der Waals surface area contributed by atoms with E-state index >= 15 is 0 Å². The number of para-hydroxylation sites is 1. The summed E-state index contributed by atoms with van der Waals surface area (Å²) in [4.78, 5) is 25.2. The van der Waals surface area contributed by atoms with Gasteiger partial charge in [0.1, 0.15) is 0 Å². The molecule has 160 valence electrons. The van der Waals surface area contributed by atoms with Crippen LogP contribution < -0.4 is 5.32 Å². The minimum absolute atomic E-state index is 0.101. The number of carbonyl (C=O) groups excluding carboxylic acids is 2. The SMILES string of the molecule is CCOC(=O)c1ccccc1NC(=O)[C@@H]1CCCN(S(=O)(=O)c2ccc(C)cc2)C1.